The summed E-state index contributed by atoms with van der Waals surface area (Å²) in [5.74, 6) is -0.115. The average Bonchev–Trinajstić information content (AvgIpc) is 2.99. The molecule has 4 aromatic rings. The van der Waals surface area contributed by atoms with Crippen molar-refractivity contribution in [2.24, 2.45) is 5.10 Å². The molecule has 2 aromatic heterocycles. The van der Waals surface area contributed by atoms with Crippen LogP contribution >= 0.6 is 45.2 Å². The third-order valence-corrected chi connectivity index (χ3v) is 5.80. The smallest absolute Gasteiger partial charge is 0.241 e. The number of carbonyl (C=O) groups is 1. The Kier molecular flexibility index (Phi) is 5.90. The predicted octanol–water partition coefficient (Wildman–Crippen LogP) is 4.94. The van der Waals surface area contributed by atoms with E-state index in [4.69, 9.17) is 0 Å². The van der Waals surface area contributed by atoms with Crippen molar-refractivity contribution < 1.29 is 4.79 Å². The van der Waals surface area contributed by atoms with Crippen LogP contribution in [0.1, 0.15) is 12.0 Å². The monoisotopic (exact) mass is 594 g/mol. The molecule has 0 atom stereocenters. The Morgan fingerprint density at radius 3 is 2.21 bits per heavy atom. The van der Waals surface area contributed by atoms with Crippen molar-refractivity contribution in [3.63, 3.8) is 0 Å². The van der Waals surface area contributed by atoms with Gasteiger partial charge in [-0.15, -0.1) is 0 Å². The number of nitrogens with zero attached hydrogens (tertiary/aromatic N) is 3. The summed E-state index contributed by atoms with van der Waals surface area (Å²) in [6.45, 7) is 0.595. The van der Waals surface area contributed by atoms with E-state index >= 15 is 0 Å². The van der Waals surface area contributed by atoms with Crippen LogP contribution in [0, 0.1) is 7.14 Å². The fourth-order valence-electron chi connectivity index (χ4n) is 3.19. The molecular weight excluding hydrogens is 578 g/mol. The molecule has 0 bridgehead atoms. The number of carbonyl (C=O) groups excluding carboxylic acids is 1. The van der Waals surface area contributed by atoms with E-state index in [1.54, 1.807) is 18.6 Å². The zero-order valence-electron chi connectivity index (χ0n) is 14.8. The number of amides is 1. The van der Waals surface area contributed by atoms with Crippen LogP contribution in [-0.2, 0) is 11.3 Å². The lowest BCUT2D eigenvalue weighted by molar-refractivity contribution is -0.121. The summed E-state index contributed by atoms with van der Waals surface area (Å²) < 4.78 is 4.61. The van der Waals surface area contributed by atoms with Gasteiger partial charge in [-0.1, -0.05) is 0 Å². The first-order chi connectivity index (χ1) is 13.6. The summed E-state index contributed by atoms with van der Waals surface area (Å²) in [6, 6.07) is 16.5. The summed E-state index contributed by atoms with van der Waals surface area (Å²) >= 11 is 4.67. The van der Waals surface area contributed by atoms with E-state index in [9.17, 15) is 4.79 Å². The number of pyridine rings is 1. The number of hydrazone groups is 1. The second-order valence-electron chi connectivity index (χ2n) is 6.30. The summed E-state index contributed by atoms with van der Waals surface area (Å²) in [5.41, 5.74) is 5.78. The van der Waals surface area contributed by atoms with Crippen LogP contribution in [0.4, 0.5) is 0 Å². The molecule has 0 aliphatic rings. The number of nitrogens with one attached hydrogen (secondary N) is 1. The molecule has 5 nitrogen and oxygen atoms in total. The van der Waals surface area contributed by atoms with Crippen LogP contribution in [-0.4, -0.2) is 21.7 Å². The molecule has 1 amide bonds. The lowest BCUT2D eigenvalue weighted by Crippen LogP contribution is -2.19. The normalized spacial score (nSPS) is 11.5. The van der Waals surface area contributed by atoms with Crippen LogP contribution < -0.4 is 5.43 Å². The largest absolute Gasteiger partial charge is 0.340 e. The van der Waals surface area contributed by atoms with Crippen molar-refractivity contribution in [1.82, 2.24) is 15.0 Å². The Morgan fingerprint density at radius 1 is 1.00 bits per heavy atom. The van der Waals surface area contributed by atoms with Crippen LogP contribution in [0.15, 0.2) is 66.0 Å². The maximum Gasteiger partial charge on any atom is 0.241 e. The van der Waals surface area contributed by atoms with E-state index in [1.165, 1.54) is 17.9 Å². The third-order valence-electron chi connectivity index (χ3n) is 4.46. The molecule has 0 radical (unpaired) electrons. The number of hydrogen-bond donors (Lipinski definition) is 1. The molecule has 28 heavy (non-hydrogen) atoms. The van der Waals surface area contributed by atoms with Crippen molar-refractivity contribution >= 4 is 79.1 Å². The molecule has 0 saturated heterocycles. The Hall–Kier alpha value is -2.01. The fourth-order valence-corrected chi connectivity index (χ4v) is 4.17. The van der Waals surface area contributed by atoms with Gasteiger partial charge in [-0.05, 0) is 99.3 Å². The number of fused-ring (bicyclic) bond motifs is 3. The summed E-state index contributed by atoms with van der Waals surface area (Å²) in [7, 11) is 0. The zero-order chi connectivity index (χ0) is 19.5. The third kappa shape index (κ3) is 4.19. The topological polar surface area (TPSA) is 59.3 Å². The van der Waals surface area contributed by atoms with Gasteiger partial charge in [0, 0.05) is 54.3 Å². The number of benzene rings is 2. The first-order valence-corrected chi connectivity index (χ1v) is 10.9. The highest BCUT2D eigenvalue weighted by molar-refractivity contribution is 14.1. The van der Waals surface area contributed by atoms with Gasteiger partial charge >= 0.3 is 0 Å². The number of halogens is 2. The second-order valence-corrected chi connectivity index (χ2v) is 8.79. The average molecular weight is 594 g/mol. The van der Waals surface area contributed by atoms with Crippen molar-refractivity contribution in [2.75, 3.05) is 0 Å². The van der Waals surface area contributed by atoms with E-state index in [0.29, 0.717) is 13.0 Å². The highest BCUT2D eigenvalue weighted by Gasteiger charge is 2.12. The standard InChI is InChI=1S/C21H16I2N4O/c22-15-1-3-19-17(11-15)18-12-16(23)2-4-20(18)27(19)10-7-21(28)26-25-13-14-5-8-24-9-6-14/h1-6,8-9,11-13H,7,10H2,(H,26,28). The lowest BCUT2D eigenvalue weighted by Gasteiger charge is -2.07. The maximum atomic E-state index is 12.3. The lowest BCUT2D eigenvalue weighted by atomic mass is 10.2. The highest BCUT2D eigenvalue weighted by Crippen LogP contribution is 2.31. The van der Waals surface area contributed by atoms with Crippen molar-refractivity contribution in [3.8, 4) is 0 Å². The number of aromatic nitrogens is 2. The van der Waals surface area contributed by atoms with Gasteiger partial charge in [0.05, 0.1) is 6.21 Å². The minimum absolute atomic E-state index is 0.115. The van der Waals surface area contributed by atoms with Crippen LogP contribution in [0.25, 0.3) is 21.8 Å². The first-order valence-electron chi connectivity index (χ1n) is 8.71. The van der Waals surface area contributed by atoms with Gasteiger partial charge in [0.25, 0.3) is 0 Å². The number of rotatable bonds is 5. The highest BCUT2D eigenvalue weighted by atomic mass is 127. The molecule has 7 heteroatoms. The number of aryl methyl sites for hydroxylation is 1. The fraction of sp³-hybridized carbons (Fsp3) is 0.0952. The molecule has 0 aliphatic carbocycles. The molecule has 140 valence electrons. The molecule has 0 unspecified atom stereocenters. The van der Waals surface area contributed by atoms with Crippen LogP contribution in [0.5, 0.6) is 0 Å². The molecule has 0 spiro atoms. The second kappa shape index (κ2) is 8.56. The van der Waals surface area contributed by atoms with Crippen molar-refractivity contribution in [2.45, 2.75) is 13.0 Å². The molecule has 0 fully saturated rings. The minimum atomic E-state index is -0.115. The quantitative estimate of drug-likeness (QED) is 0.202. The Labute approximate surface area is 189 Å². The van der Waals surface area contributed by atoms with Gasteiger partial charge in [-0.2, -0.15) is 5.10 Å². The minimum Gasteiger partial charge on any atom is -0.340 e. The SMILES string of the molecule is O=C(CCn1c2ccc(I)cc2c2cc(I)ccc21)NN=Cc1ccncc1. The Balaban J connectivity index is 1.54. The summed E-state index contributed by atoms with van der Waals surface area (Å²) in [5, 5.41) is 6.46. The molecule has 0 saturated carbocycles. The number of hydrogen-bond acceptors (Lipinski definition) is 3. The van der Waals surface area contributed by atoms with Crippen molar-refractivity contribution in [1.29, 1.82) is 0 Å². The molecule has 1 N–H and O–H groups in total. The first kappa shape index (κ1) is 19.3. The van der Waals surface area contributed by atoms with Gasteiger partial charge in [-0.25, -0.2) is 5.43 Å². The maximum absolute atomic E-state index is 12.3. The molecule has 4 rings (SSSR count). The zero-order valence-corrected chi connectivity index (χ0v) is 19.1. The van der Waals surface area contributed by atoms with Crippen LogP contribution in [0.2, 0.25) is 0 Å². The summed E-state index contributed by atoms with van der Waals surface area (Å²) in [4.78, 5) is 16.2. The molecule has 0 aliphatic heterocycles. The van der Waals surface area contributed by atoms with E-state index in [0.717, 1.165) is 16.6 Å². The van der Waals surface area contributed by atoms with Crippen molar-refractivity contribution in [3.05, 3.63) is 73.6 Å². The van der Waals surface area contributed by atoms with E-state index in [2.05, 4.69) is 102 Å². The summed E-state index contributed by atoms with van der Waals surface area (Å²) in [6.07, 6.45) is 5.34. The van der Waals surface area contributed by atoms with E-state index in [1.807, 2.05) is 12.1 Å². The van der Waals surface area contributed by atoms with Gasteiger partial charge < -0.3 is 4.57 Å². The Morgan fingerprint density at radius 2 is 1.61 bits per heavy atom. The predicted molar refractivity (Wildman–Crippen MR) is 129 cm³/mol. The van der Waals surface area contributed by atoms with Gasteiger partial charge in [0.2, 0.25) is 5.91 Å². The molecule has 2 heterocycles. The Bertz CT molecular complexity index is 1130. The van der Waals surface area contributed by atoms with Gasteiger partial charge in [0.1, 0.15) is 0 Å². The van der Waals surface area contributed by atoms with Gasteiger partial charge in [-0.3, -0.25) is 9.78 Å². The van der Waals surface area contributed by atoms with E-state index < -0.39 is 0 Å². The molecular formula is C21H16I2N4O. The van der Waals surface area contributed by atoms with Gasteiger partial charge in [0.15, 0.2) is 0 Å². The molecule has 2 aromatic carbocycles. The van der Waals surface area contributed by atoms with E-state index in [-0.39, 0.29) is 5.91 Å². The van der Waals surface area contributed by atoms with Crippen LogP contribution in [0.3, 0.4) is 0 Å².